The highest BCUT2D eigenvalue weighted by Gasteiger charge is 2.13. The Hall–Kier alpha value is -1.70. The number of rotatable bonds is 6. The minimum Gasteiger partial charge on any atom is -0.481 e. The minimum absolute atomic E-state index is 0.0343. The van der Waals surface area contributed by atoms with Crippen LogP contribution in [-0.4, -0.2) is 27.0 Å². The Morgan fingerprint density at radius 2 is 2.50 bits per heavy atom. The molecule has 8 heteroatoms. The molecule has 1 heterocycles. The van der Waals surface area contributed by atoms with Crippen LogP contribution >= 0.6 is 11.3 Å². The van der Waals surface area contributed by atoms with Crippen LogP contribution in [0, 0.1) is 10.1 Å². The number of nitrogens with zero attached hydrogens (tertiary/aromatic N) is 2. The van der Waals surface area contributed by atoms with E-state index in [9.17, 15) is 14.9 Å². The molecule has 0 fully saturated rings. The minimum atomic E-state index is -0.862. The number of hydrogen-bond donors (Lipinski definition) is 2. The summed E-state index contributed by atoms with van der Waals surface area (Å²) >= 11 is 0.935. The van der Waals surface area contributed by atoms with Crippen LogP contribution in [-0.2, 0) is 4.79 Å². The summed E-state index contributed by atoms with van der Waals surface area (Å²) < 4.78 is 0. The maximum Gasteiger partial charge on any atom is 0.345 e. The van der Waals surface area contributed by atoms with Gasteiger partial charge in [0.2, 0.25) is 0 Å². The number of aromatic nitrogens is 1. The largest absolute Gasteiger partial charge is 0.481 e. The normalized spacial score (nSPS) is 12.1. The zero-order valence-corrected chi connectivity index (χ0v) is 9.36. The van der Waals surface area contributed by atoms with Crippen molar-refractivity contribution in [1.29, 1.82) is 0 Å². The molecule has 7 nitrogen and oxygen atoms in total. The third-order valence-corrected chi connectivity index (χ3v) is 2.71. The first-order valence-electron chi connectivity index (χ1n) is 4.57. The van der Waals surface area contributed by atoms with Gasteiger partial charge in [0.05, 0.1) is 4.92 Å². The third-order valence-electron chi connectivity index (χ3n) is 1.83. The van der Waals surface area contributed by atoms with Crippen molar-refractivity contribution in [1.82, 2.24) is 4.98 Å². The van der Waals surface area contributed by atoms with Crippen molar-refractivity contribution < 1.29 is 14.8 Å². The van der Waals surface area contributed by atoms with E-state index in [0.717, 1.165) is 11.3 Å². The molecule has 0 aromatic carbocycles. The van der Waals surface area contributed by atoms with Crippen LogP contribution in [0.3, 0.4) is 0 Å². The van der Waals surface area contributed by atoms with E-state index in [1.54, 1.807) is 6.92 Å². The van der Waals surface area contributed by atoms with Crippen molar-refractivity contribution in [3.63, 3.8) is 0 Å². The van der Waals surface area contributed by atoms with Gasteiger partial charge >= 0.3 is 11.0 Å². The van der Waals surface area contributed by atoms with Gasteiger partial charge in [0.15, 0.2) is 5.13 Å². The Kier molecular flexibility index (Phi) is 4.18. The summed E-state index contributed by atoms with van der Waals surface area (Å²) in [6.45, 7) is 1.80. The Labute approximate surface area is 95.3 Å². The number of thiazole rings is 1. The Morgan fingerprint density at radius 1 is 1.81 bits per heavy atom. The predicted molar refractivity (Wildman–Crippen MR) is 58.7 cm³/mol. The van der Waals surface area contributed by atoms with E-state index in [4.69, 9.17) is 5.11 Å². The van der Waals surface area contributed by atoms with Crippen LogP contribution in [0.2, 0.25) is 0 Å². The van der Waals surface area contributed by atoms with Gasteiger partial charge in [0, 0.05) is 12.5 Å². The first-order valence-corrected chi connectivity index (χ1v) is 5.39. The Morgan fingerprint density at radius 3 is 3.00 bits per heavy atom. The van der Waals surface area contributed by atoms with E-state index in [0.29, 0.717) is 11.6 Å². The maximum atomic E-state index is 10.4. The smallest absolute Gasteiger partial charge is 0.345 e. The van der Waals surface area contributed by atoms with Crippen LogP contribution in [0.4, 0.5) is 10.1 Å². The third kappa shape index (κ3) is 3.81. The second-order valence-corrected chi connectivity index (χ2v) is 4.25. The predicted octanol–water partition coefficient (Wildman–Crippen LogP) is 1.72. The zero-order chi connectivity index (χ0) is 12.1. The highest BCUT2D eigenvalue weighted by atomic mass is 32.1. The summed E-state index contributed by atoms with van der Waals surface area (Å²) in [6.07, 6.45) is 1.68. The number of carboxylic acids is 1. The van der Waals surface area contributed by atoms with Gasteiger partial charge in [-0.25, -0.2) is 4.98 Å². The van der Waals surface area contributed by atoms with Gasteiger partial charge in [-0.2, -0.15) is 0 Å². The molecule has 0 saturated heterocycles. The van der Waals surface area contributed by atoms with Gasteiger partial charge < -0.3 is 10.4 Å². The van der Waals surface area contributed by atoms with E-state index in [2.05, 4.69) is 10.3 Å². The van der Waals surface area contributed by atoms with Gasteiger partial charge in [-0.05, 0) is 24.7 Å². The standard InChI is InChI=1S/C8H11N3O4S/c1-5(2-3-7(12)13)10-8-9-4-6(16-8)11(14)15/h4-5H,2-3H2,1H3,(H,9,10)(H,12,13). The fourth-order valence-electron chi connectivity index (χ4n) is 1.04. The topological polar surface area (TPSA) is 105 Å². The molecule has 0 bridgehead atoms. The number of hydrogen-bond acceptors (Lipinski definition) is 6. The highest BCUT2D eigenvalue weighted by Crippen LogP contribution is 2.25. The maximum absolute atomic E-state index is 10.4. The van der Waals surface area contributed by atoms with E-state index in [1.807, 2.05) is 0 Å². The van der Waals surface area contributed by atoms with Crippen molar-refractivity contribution in [2.24, 2.45) is 0 Å². The van der Waals surface area contributed by atoms with Crippen LogP contribution in [0.1, 0.15) is 19.8 Å². The fraction of sp³-hybridized carbons (Fsp3) is 0.500. The summed E-state index contributed by atoms with van der Waals surface area (Å²) in [5.74, 6) is -0.862. The van der Waals surface area contributed by atoms with Crippen LogP contribution in [0.15, 0.2) is 6.20 Å². The van der Waals surface area contributed by atoms with E-state index >= 15 is 0 Å². The molecular weight excluding hydrogens is 234 g/mol. The lowest BCUT2D eigenvalue weighted by molar-refractivity contribution is -0.380. The molecule has 1 aromatic heterocycles. The SMILES string of the molecule is CC(CCC(=O)O)Nc1ncc([N+](=O)[O-])s1. The molecule has 0 aliphatic heterocycles. The lowest BCUT2D eigenvalue weighted by Gasteiger charge is -2.10. The van der Waals surface area contributed by atoms with Crippen molar-refractivity contribution >= 4 is 27.4 Å². The first-order chi connectivity index (χ1) is 7.49. The van der Waals surface area contributed by atoms with Gasteiger partial charge in [-0.1, -0.05) is 0 Å². The van der Waals surface area contributed by atoms with Crippen molar-refractivity contribution in [2.45, 2.75) is 25.8 Å². The monoisotopic (exact) mass is 245 g/mol. The lowest BCUT2D eigenvalue weighted by Crippen LogP contribution is -2.16. The molecule has 1 aromatic rings. The first kappa shape index (κ1) is 12.4. The van der Waals surface area contributed by atoms with Gasteiger partial charge in [0.1, 0.15) is 6.20 Å². The van der Waals surface area contributed by atoms with E-state index < -0.39 is 10.9 Å². The van der Waals surface area contributed by atoms with Gasteiger partial charge in [0.25, 0.3) is 0 Å². The molecule has 0 spiro atoms. The molecule has 1 rings (SSSR count). The fourth-order valence-corrected chi connectivity index (χ4v) is 1.78. The summed E-state index contributed by atoms with van der Waals surface area (Å²) in [7, 11) is 0. The van der Waals surface area contributed by atoms with Crippen molar-refractivity contribution in [3.8, 4) is 0 Å². The second-order valence-electron chi connectivity index (χ2n) is 3.24. The molecule has 0 amide bonds. The van der Waals surface area contributed by atoms with Crippen molar-refractivity contribution in [2.75, 3.05) is 5.32 Å². The number of carboxylic acid groups (broad SMARTS) is 1. The van der Waals surface area contributed by atoms with Gasteiger partial charge in [-0.15, -0.1) is 0 Å². The van der Waals surface area contributed by atoms with E-state index in [1.165, 1.54) is 6.20 Å². The molecule has 1 atom stereocenters. The molecule has 2 N–H and O–H groups in total. The summed E-state index contributed by atoms with van der Waals surface area (Å²) in [6, 6.07) is -0.0816. The van der Waals surface area contributed by atoms with Crippen LogP contribution in [0.5, 0.6) is 0 Å². The summed E-state index contributed by atoms with van der Waals surface area (Å²) in [5.41, 5.74) is 0. The molecule has 0 aliphatic rings. The number of aliphatic carboxylic acids is 1. The van der Waals surface area contributed by atoms with E-state index in [-0.39, 0.29) is 17.5 Å². The molecule has 1 unspecified atom stereocenters. The molecule has 0 radical (unpaired) electrons. The molecular formula is C8H11N3O4S. The molecule has 0 saturated carbocycles. The second kappa shape index (κ2) is 5.40. The van der Waals surface area contributed by atoms with Crippen LogP contribution in [0.25, 0.3) is 0 Å². The Bertz CT molecular complexity index is 392. The van der Waals surface area contributed by atoms with Gasteiger partial charge in [-0.3, -0.25) is 14.9 Å². The molecule has 0 aliphatic carbocycles. The molecule has 88 valence electrons. The number of carbonyl (C=O) groups is 1. The summed E-state index contributed by atoms with van der Waals surface area (Å²) in [5, 5.41) is 22.2. The quantitative estimate of drug-likeness (QED) is 0.584. The number of nitrogens with one attached hydrogen (secondary N) is 1. The highest BCUT2D eigenvalue weighted by molar-refractivity contribution is 7.18. The molecule has 16 heavy (non-hydrogen) atoms. The lowest BCUT2D eigenvalue weighted by atomic mass is 10.2. The average molecular weight is 245 g/mol. The summed E-state index contributed by atoms with van der Waals surface area (Å²) in [4.78, 5) is 24.0. The zero-order valence-electron chi connectivity index (χ0n) is 8.54. The van der Waals surface area contributed by atoms with Crippen molar-refractivity contribution in [3.05, 3.63) is 16.3 Å². The number of anilines is 1. The van der Waals surface area contributed by atoms with Crippen LogP contribution < -0.4 is 5.32 Å². The average Bonchev–Trinajstić information content (AvgIpc) is 2.63. The number of nitro groups is 1. The Balaban J connectivity index is 2.46.